The van der Waals surface area contributed by atoms with Gasteiger partial charge in [0.25, 0.3) is 5.91 Å². The standard InChI is InChI=1S/C13H21N3O5/c1-8(2)15(6-5-10(18)19)12(21)16-7-9(17)14-11(20)13(16,3)4/h8H,5-7H2,1-4H3,(H,18,19)(H,14,17,20). The van der Waals surface area contributed by atoms with Gasteiger partial charge in [-0.25, -0.2) is 4.79 Å². The van der Waals surface area contributed by atoms with Crippen LogP contribution in [0.2, 0.25) is 0 Å². The molecular formula is C13H21N3O5. The summed E-state index contributed by atoms with van der Waals surface area (Å²) in [6.07, 6.45) is -0.196. The van der Waals surface area contributed by atoms with E-state index in [2.05, 4.69) is 5.32 Å². The minimum absolute atomic E-state index is 0.0220. The van der Waals surface area contributed by atoms with Crippen molar-refractivity contribution in [3.05, 3.63) is 0 Å². The van der Waals surface area contributed by atoms with Gasteiger partial charge in [-0.1, -0.05) is 0 Å². The van der Waals surface area contributed by atoms with Gasteiger partial charge in [0.05, 0.1) is 6.42 Å². The summed E-state index contributed by atoms with van der Waals surface area (Å²) in [5, 5.41) is 10.9. The summed E-state index contributed by atoms with van der Waals surface area (Å²) in [5.41, 5.74) is -1.17. The Morgan fingerprint density at radius 1 is 1.38 bits per heavy atom. The van der Waals surface area contributed by atoms with Gasteiger partial charge in [-0.2, -0.15) is 0 Å². The maximum atomic E-state index is 12.6. The van der Waals surface area contributed by atoms with E-state index < -0.39 is 29.4 Å². The predicted octanol–water partition coefficient (Wildman–Crippen LogP) is 0.0285. The summed E-state index contributed by atoms with van der Waals surface area (Å²) < 4.78 is 0. The molecule has 1 fully saturated rings. The summed E-state index contributed by atoms with van der Waals surface area (Å²) >= 11 is 0. The molecule has 21 heavy (non-hydrogen) atoms. The molecule has 1 rings (SSSR count). The number of imide groups is 1. The molecule has 0 unspecified atom stereocenters. The van der Waals surface area contributed by atoms with Crippen LogP contribution in [-0.4, -0.2) is 63.4 Å². The second-order valence-electron chi connectivity index (χ2n) is 5.74. The van der Waals surface area contributed by atoms with Crippen LogP contribution in [0.1, 0.15) is 34.1 Å². The van der Waals surface area contributed by atoms with Crippen molar-refractivity contribution >= 4 is 23.8 Å². The highest BCUT2D eigenvalue weighted by Gasteiger charge is 2.45. The second-order valence-corrected chi connectivity index (χ2v) is 5.74. The van der Waals surface area contributed by atoms with E-state index >= 15 is 0 Å². The number of carboxylic acids is 1. The highest BCUT2D eigenvalue weighted by molar-refractivity contribution is 6.06. The molecule has 2 N–H and O–H groups in total. The molecule has 8 nitrogen and oxygen atoms in total. The predicted molar refractivity (Wildman–Crippen MR) is 73.4 cm³/mol. The highest BCUT2D eigenvalue weighted by Crippen LogP contribution is 2.21. The fraction of sp³-hybridized carbons (Fsp3) is 0.692. The van der Waals surface area contributed by atoms with Crippen LogP contribution < -0.4 is 5.32 Å². The molecule has 1 saturated heterocycles. The van der Waals surface area contributed by atoms with Crippen LogP contribution in [0.4, 0.5) is 4.79 Å². The van der Waals surface area contributed by atoms with Crippen LogP contribution in [-0.2, 0) is 14.4 Å². The molecule has 0 radical (unpaired) electrons. The number of carbonyl (C=O) groups is 4. The molecule has 0 atom stereocenters. The Morgan fingerprint density at radius 2 is 1.95 bits per heavy atom. The largest absolute Gasteiger partial charge is 0.481 e. The molecule has 0 spiro atoms. The summed E-state index contributed by atoms with van der Waals surface area (Å²) in [6, 6.07) is -0.757. The zero-order valence-electron chi connectivity index (χ0n) is 12.7. The average molecular weight is 299 g/mol. The van der Waals surface area contributed by atoms with Crippen molar-refractivity contribution in [3.8, 4) is 0 Å². The molecule has 1 aliphatic rings. The third kappa shape index (κ3) is 3.71. The van der Waals surface area contributed by atoms with E-state index in [0.717, 1.165) is 0 Å². The third-order valence-corrected chi connectivity index (χ3v) is 3.45. The number of carboxylic acid groups (broad SMARTS) is 1. The molecule has 0 bridgehead atoms. The van der Waals surface area contributed by atoms with Crippen LogP contribution in [0.3, 0.4) is 0 Å². The number of amides is 4. The van der Waals surface area contributed by atoms with E-state index in [1.165, 1.54) is 9.80 Å². The molecule has 118 valence electrons. The number of hydrogen-bond acceptors (Lipinski definition) is 4. The van der Waals surface area contributed by atoms with E-state index in [1.807, 2.05) is 0 Å². The maximum Gasteiger partial charge on any atom is 0.321 e. The number of urea groups is 1. The Hall–Kier alpha value is -2.12. The number of piperazine rings is 1. The lowest BCUT2D eigenvalue weighted by molar-refractivity contribution is -0.144. The van der Waals surface area contributed by atoms with E-state index in [4.69, 9.17) is 5.11 Å². The molecule has 0 aliphatic carbocycles. The van der Waals surface area contributed by atoms with Crippen LogP contribution in [0.25, 0.3) is 0 Å². The number of nitrogens with one attached hydrogen (secondary N) is 1. The Bertz CT molecular complexity index is 472. The number of aliphatic carboxylic acids is 1. The Labute approximate surface area is 123 Å². The van der Waals surface area contributed by atoms with E-state index in [9.17, 15) is 19.2 Å². The average Bonchev–Trinajstić information content (AvgIpc) is 2.33. The number of rotatable bonds is 4. The number of nitrogens with zero attached hydrogens (tertiary/aromatic N) is 2. The fourth-order valence-electron chi connectivity index (χ4n) is 2.04. The highest BCUT2D eigenvalue weighted by atomic mass is 16.4. The van der Waals surface area contributed by atoms with Crippen molar-refractivity contribution in [2.75, 3.05) is 13.1 Å². The SMILES string of the molecule is CC(C)N(CCC(=O)O)C(=O)N1CC(=O)NC(=O)C1(C)C. The van der Waals surface area contributed by atoms with Crippen LogP contribution in [0.15, 0.2) is 0 Å². The second kappa shape index (κ2) is 6.11. The molecule has 1 aliphatic heterocycles. The maximum absolute atomic E-state index is 12.6. The number of hydrogen-bond donors (Lipinski definition) is 2. The first-order valence-electron chi connectivity index (χ1n) is 6.71. The van der Waals surface area contributed by atoms with Crippen molar-refractivity contribution in [1.82, 2.24) is 15.1 Å². The van der Waals surface area contributed by atoms with Crippen LogP contribution in [0, 0.1) is 0 Å². The minimum atomic E-state index is -1.17. The first kappa shape index (κ1) is 16.9. The van der Waals surface area contributed by atoms with Gasteiger partial charge < -0.3 is 14.9 Å². The van der Waals surface area contributed by atoms with Gasteiger partial charge in [0.2, 0.25) is 5.91 Å². The fourth-order valence-corrected chi connectivity index (χ4v) is 2.04. The normalized spacial score (nSPS) is 17.7. The lowest BCUT2D eigenvalue weighted by Crippen LogP contribution is -2.67. The monoisotopic (exact) mass is 299 g/mol. The Morgan fingerprint density at radius 3 is 2.43 bits per heavy atom. The van der Waals surface area contributed by atoms with Crippen molar-refractivity contribution in [3.63, 3.8) is 0 Å². The summed E-state index contributed by atoms with van der Waals surface area (Å²) in [6.45, 7) is 6.38. The van der Waals surface area contributed by atoms with Gasteiger partial charge in [0.15, 0.2) is 0 Å². The van der Waals surface area contributed by atoms with Crippen molar-refractivity contribution in [2.45, 2.75) is 45.7 Å². The summed E-state index contributed by atoms with van der Waals surface area (Å²) in [4.78, 5) is 49.2. The van der Waals surface area contributed by atoms with E-state index in [1.54, 1.807) is 27.7 Å². The first-order chi connectivity index (χ1) is 9.57. The van der Waals surface area contributed by atoms with Gasteiger partial charge in [0, 0.05) is 12.6 Å². The third-order valence-electron chi connectivity index (χ3n) is 3.45. The zero-order chi connectivity index (χ0) is 16.4. The summed E-state index contributed by atoms with van der Waals surface area (Å²) in [7, 11) is 0. The van der Waals surface area contributed by atoms with Gasteiger partial charge in [-0.15, -0.1) is 0 Å². The molecule has 4 amide bonds. The molecule has 0 aromatic carbocycles. The lowest BCUT2D eigenvalue weighted by Gasteiger charge is -2.43. The lowest BCUT2D eigenvalue weighted by atomic mass is 9.99. The van der Waals surface area contributed by atoms with E-state index in [-0.39, 0.29) is 25.6 Å². The van der Waals surface area contributed by atoms with Crippen molar-refractivity contribution < 1.29 is 24.3 Å². The van der Waals surface area contributed by atoms with Gasteiger partial charge >= 0.3 is 12.0 Å². The van der Waals surface area contributed by atoms with Gasteiger partial charge in [-0.05, 0) is 27.7 Å². The van der Waals surface area contributed by atoms with Crippen LogP contribution >= 0.6 is 0 Å². The summed E-state index contributed by atoms with van der Waals surface area (Å²) in [5.74, 6) is -2.11. The van der Waals surface area contributed by atoms with Gasteiger partial charge in [-0.3, -0.25) is 19.7 Å². The van der Waals surface area contributed by atoms with Crippen molar-refractivity contribution in [1.29, 1.82) is 0 Å². The quantitative estimate of drug-likeness (QED) is 0.712. The molecular weight excluding hydrogens is 278 g/mol. The van der Waals surface area contributed by atoms with Crippen LogP contribution in [0.5, 0.6) is 0 Å². The molecule has 0 aromatic heterocycles. The topological polar surface area (TPSA) is 107 Å². The Kier molecular flexibility index (Phi) is 4.93. The number of carbonyl (C=O) groups excluding carboxylic acids is 3. The smallest absolute Gasteiger partial charge is 0.321 e. The zero-order valence-corrected chi connectivity index (χ0v) is 12.7. The minimum Gasteiger partial charge on any atom is -0.481 e. The first-order valence-corrected chi connectivity index (χ1v) is 6.71. The Balaban J connectivity index is 2.98. The van der Waals surface area contributed by atoms with E-state index in [0.29, 0.717) is 0 Å². The van der Waals surface area contributed by atoms with Crippen molar-refractivity contribution in [2.24, 2.45) is 0 Å². The van der Waals surface area contributed by atoms with Gasteiger partial charge in [0.1, 0.15) is 12.1 Å². The molecule has 0 aromatic rings. The molecule has 1 heterocycles. The molecule has 0 saturated carbocycles. The molecule has 8 heteroatoms.